The zero-order valence-corrected chi connectivity index (χ0v) is 20.6. The van der Waals surface area contributed by atoms with Gasteiger partial charge in [0.15, 0.2) is 5.82 Å². The highest BCUT2D eigenvalue weighted by molar-refractivity contribution is 6.30. The van der Waals surface area contributed by atoms with Crippen LogP contribution in [0.15, 0.2) is 36.4 Å². The highest BCUT2D eigenvalue weighted by Gasteiger charge is 2.67. The molecule has 36 heavy (non-hydrogen) atoms. The molecule has 1 saturated heterocycles. The lowest BCUT2D eigenvalue weighted by Crippen LogP contribution is -2.62. The predicted molar refractivity (Wildman–Crippen MR) is 129 cm³/mol. The molecule has 10 heteroatoms. The minimum absolute atomic E-state index is 0.115. The number of alkyl halides is 3. The Labute approximate surface area is 212 Å². The first kappa shape index (κ1) is 22.5. The average molecular weight is 515 g/mol. The second-order valence-corrected chi connectivity index (χ2v) is 11.5. The fraction of sp³-hybridized carbons (Fsp3) is 0.500. The standard InChI is InChI=1S/C26H26ClF3N6/c1-16-3-2-4-21(31-16)34-14-24(15-34)10-18(11-24)23-33-32-22-13-35(25(7-8-25)26(28,29)30)12-17-9-19(27)5-6-20(17)36(22)23/h2-6,9,18H,7-8,10-15H2,1H3. The Hall–Kier alpha value is -2.65. The Morgan fingerprint density at radius 2 is 1.81 bits per heavy atom. The van der Waals surface area contributed by atoms with Crippen LogP contribution in [-0.2, 0) is 13.1 Å². The minimum atomic E-state index is -4.29. The van der Waals surface area contributed by atoms with Crippen molar-refractivity contribution in [2.75, 3.05) is 18.0 Å². The van der Waals surface area contributed by atoms with E-state index in [1.165, 1.54) is 4.90 Å². The van der Waals surface area contributed by atoms with Gasteiger partial charge in [-0.1, -0.05) is 17.7 Å². The predicted octanol–water partition coefficient (Wildman–Crippen LogP) is 5.42. The number of aromatic nitrogens is 4. The number of rotatable bonds is 3. The molecule has 3 fully saturated rings. The molecular formula is C26H26ClF3N6. The number of anilines is 1. The summed E-state index contributed by atoms with van der Waals surface area (Å²) in [5.74, 6) is 2.67. The third-order valence-corrected chi connectivity index (χ3v) is 8.80. The molecule has 1 spiro atoms. The first-order valence-electron chi connectivity index (χ1n) is 12.4. The monoisotopic (exact) mass is 514 g/mol. The van der Waals surface area contributed by atoms with Gasteiger partial charge in [0.1, 0.15) is 17.2 Å². The lowest BCUT2D eigenvalue weighted by Gasteiger charge is -2.59. The quantitative estimate of drug-likeness (QED) is 0.467. The second kappa shape index (κ2) is 7.44. The van der Waals surface area contributed by atoms with Crippen LogP contribution < -0.4 is 4.90 Å². The third kappa shape index (κ3) is 3.31. The van der Waals surface area contributed by atoms with E-state index in [9.17, 15) is 13.2 Å². The van der Waals surface area contributed by atoms with Gasteiger partial charge in [0.05, 0.1) is 12.2 Å². The van der Waals surface area contributed by atoms with Gasteiger partial charge in [0.25, 0.3) is 0 Å². The van der Waals surface area contributed by atoms with Crippen molar-refractivity contribution in [1.82, 2.24) is 24.6 Å². The summed E-state index contributed by atoms with van der Waals surface area (Å²) >= 11 is 6.29. The SMILES string of the molecule is Cc1cccc(N2CC3(CC(c4nnc5n4-c4ccc(Cl)cc4CN(C4(C(F)(F)F)CC4)C5)C3)C2)n1. The summed E-state index contributed by atoms with van der Waals surface area (Å²) in [4.78, 5) is 8.48. The molecule has 0 radical (unpaired) electrons. The fourth-order valence-corrected chi connectivity index (χ4v) is 6.74. The van der Waals surface area contributed by atoms with E-state index in [-0.39, 0.29) is 37.3 Å². The molecular weight excluding hydrogens is 489 g/mol. The van der Waals surface area contributed by atoms with Gasteiger partial charge in [-0.2, -0.15) is 13.2 Å². The normalized spacial score (nSPS) is 22.4. The van der Waals surface area contributed by atoms with Crippen LogP contribution in [0.1, 0.15) is 54.5 Å². The molecule has 4 aliphatic rings. The van der Waals surface area contributed by atoms with E-state index in [0.29, 0.717) is 10.8 Å². The highest BCUT2D eigenvalue weighted by atomic mass is 35.5. The molecule has 2 aliphatic heterocycles. The number of hydrogen-bond acceptors (Lipinski definition) is 5. The summed E-state index contributed by atoms with van der Waals surface area (Å²) in [5, 5.41) is 9.49. The van der Waals surface area contributed by atoms with E-state index in [0.717, 1.165) is 54.5 Å². The van der Waals surface area contributed by atoms with E-state index >= 15 is 0 Å². The van der Waals surface area contributed by atoms with Crippen molar-refractivity contribution in [3.63, 3.8) is 0 Å². The fourth-order valence-electron chi connectivity index (χ4n) is 6.55. The Balaban J connectivity index is 1.17. The number of halogens is 4. The molecule has 2 aliphatic carbocycles. The zero-order chi connectivity index (χ0) is 24.9. The minimum Gasteiger partial charge on any atom is -0.355 e. The first-order valence-corrected chi connectivity index (χ1v) is 12.8. The zero-order valence-electron chi connectivity index (χ0n) is 19.9. The average Bonchev–Trinajstić information content (AvgIpc) is 3.51. The molecule has 4 heterocycles. The van der Waals surface area contributed by atoms with Crippen LogP contribution in [0.4, 0.5) is 19.0 Å². The molecule has 2 saturated carbocycles. The van der Waals surface area contributed by atoms with Crippen LogP contribution in [0.25, 0.3) is 5.69 Å². The summed E-state index contributed by atoms with van der Waals surface area (Å²) in [6.45, 7) is 4.24. The molecule has 0 unspecified atom stereocenters. The molecule has 0 atom stereocenters. The van der Waals surface area contributed by atoms with Crippen molar-refractivity contribution in [2.45, 2.75) is 63.3 Å². The van der Waals surface area contributed by atoms with Crippen LogP contribution in [-0.4, -0.2) is 49.5 Å². The van der Waals surface area contributed by atoms with E-state index < -0.39 is 11.7 Å². The molecule has 0 N–H and O–H groups in total. The number of pyridine rings is 1. The van der Waals surface area contributed by atoms with E-state index in [1.54, 1.807) is 12.1 Å². The summed E-state index contributed by atoms with van der Waals surface area (Å²) in [6, 6.07) is 11.6. The van der Waals surface area contributed by atoms with Crippen LogP contribution >= 0.6 is 11.6 Å². The number of fused-ring (bicyclic) bond motifs is 3. The van der Waals surface area contributed by atoms with Crippen LogP contribution in [0, 0.1) is 12.3 Å². The molecule has 188 valence electrons. The van der Waals surface area contributed by atoms with E-state index in [1.807, 2.05) is 29.7 Å². The van der Waals surface area contributed by atoms with Gasteiger partial charge in [-0.25, -0.2) is 4.98 Å². The lowest BCUT2D eigenvalue weighted by atomic mass is 9.57. The molecule has 0 bridgehead atoms. The number of benzene rings is 1. The Bertz CT molecular complexity index is 1350. The summed E-state index contributed by atoms with van der Waals surface area (Å²) < 4.78 is 44.1. The maximum absolute atomic E-state index is 14.0. The van der Waals surface area contributed by atoms with Crippen molar-refractivity contribution < 1.29 is 13.2 Å². The Kier molecular flexibility index (Phi) is 4.66. The maximum Gasteiger partial charge on any atom is 0.406 e. The van der Waals surface area contributed by atoms with E-state index in [4.69, 9.17) is 11.6 Å². The van der Waals surface area contributed by atoms with Crippen LogP contribution in [0.2, 0.25) is 5.02 Å². The molecule has 0 amide bonds. The maximum atomic E-state index is 14.0. The number of nitrogens with zero attached hydrogens (tertiary/aromatic N) is 6. The summed E-state index contributed by atoms with van der Waals surface area (Å²) in [5.41, 5.74) is 1.10. The van der Waals surface area contributed by atoms with Crippen molar-refractivity contribution in [3.05, 3.63) is 64.3 Å². The van der Waals surface area contributed by atoms with Gasteiger partial charge in [-0.3, -0.25) is 9.47 Å². The van der Waals surface area contributed by atoms with E-state index in [2.05, 4.69) is 26.1 Å². The van der Waals surface area contributed by atoms with Crippen molar-refractivity contribution in [1.29, 1.82) is 0 Å². The van der Waals surface area contributed by atoms with Gasteiger partial charge in [-0.15, -0.1) is 10.2 Å². The molecule has 3 aromatic rings. The van der Waals surface area contributed by atoms with Gasteiger partial charge in [-0.05, 0) is 68.5 Å². The smallest absolute Gasteiger partial charge is 0.355 e. The van der Waals surface area contributed by atoms with Crippen molar-refractivity contribution in [3.8, 4) is 5.69 Å². The molecule has 6 nitrogen and oxygen atoms in total. The first-order chi connectivity index (χ1) is 17.2. The lowest BCUT2D eigenvalue weighted by molar-refractivity contribution is -0.200. The van der Waals surface area contributed by atoms with Crippen LogP contribution in [0.3, 0.4) is 0 Å². The number of hydrogen-bond donors (Lipinski definition) is 0. The van der Waals surface area contributed by atoms with Gasteiger partial charge >= 0.3 is 6.18 Å². The van der Waals surface area contributed by atoms with Crippen molar-refractivity contribution in [2.24, 2.45) is 5.41 Å². The van der Waals surface area contributed by atoms with Crippen LogP contribution in [0.5, 0.6) is 0 Å². The summed E-state index contributed by atoms with van der Waals surface area (Å²) in [6.07, 6.45) is -2.07. The van der Waals surface area contributed by atoms with Crippen molar-refractivity contribution >= 4 is 17.4 Å². The number of aryl methyl sites for hydroxylation is 1. The molecule has 1 aromatic carbocycles. The second-order valence-electron chi connectivity index (χ2n) is 11.1. The third-order valence-electron chi connectivity index (χ3n) is 8.56. The van der Waals surface area contributed by atoms with Gasteiger partial charge in [0.2, 0.25) is 0 Å². The molecule has 7 rings (SSSR count). The highest BCUT2D eigenvalue weighted by Crippen LogP contribution is 2.58. The topological polar surface area (TPSA) is 50.1 Å². The Morgan fingerprint density at radius 1 is 1.03 bits per heavy atom. The van der Waals surface area contributed by atoms with Gasteiger partial charge < -0.3 is 4.90 Å². The van der Waals surface area contributed by atoms with Gasteiger partial charge in [0, 0.05) is 41.7 Å². The Morgan fingerprint density at radius 3 is 2.50 bits per heavy atom. The summed E-state index contributed by atoms with van der Waals surface area (Å²) in [7, 11) is 0. The molecule has 2 aromatic heterocycles. The largest absolute Gasteiger partial charge is 0.406 e.